The van der Waals surface area contributed by atoms with Gasteiger partial charge in [-0.2, -0.15) is 4.98 Å². The molecule has 1 saturated carbocycles. The second kappa shape index (κ2) is 8.48. The molecule has 0 radical (unpaired) electrons. The summed E-state index contributed by atoms with van der Waals surface area (Å²) in [5.74, 6) is 2.16. The molecule has 3 aromatic heterocycles. The van der Waals surface area contributed by atoms with Gasteiger partial charge in [-0.05, 0) is 18.9 Å². The first-order chi connectivity index (χ1) is 11.7. The number of aromatic nitrogens is 5. The van der Waals surface area contributed by atoms with Crippen LogP contribution in [0.1, 0.15) is 30.1 Å². The molecule has 1 aliphatic carbocycles. The third kappa shape index (κ3) is 4.32. The highest BCUT2D eigenvalue weighted by Gasteiger charge is 2.29. The van der Waals surface area contributed by atoms with Gasteiger partial charge in [-0.3, -0.25) is 4.40 Å². The van der Waals surface area contributed by atoms with Crippen molar-refractivity contribution in [2.24, 2.45) is 5.73 Å². The Labute approximate surface area is 163 Å². The van der Waals surface area contributed by atoms with Gasteiger partial charge in [0.15, 0.2) is 0 Å². The van der Waals surface area contributed by atoms with Crippen molar-refractivity contribution in [2.75, 3.05) is 17.6 Å². The average Bonchev–Trinajstić information content (AvgIpc) is 2.94. The first-order valence-electron chi connectivity index (χ1n) is 8.10. The fourth-order valence-corrected chi connectivity index (χ4v) is 3.01. The number of hydrogen-bond acceptors (Lipinski definition) is 7. The van der Waals surface area contributed by atoms with E-state index in [0.717, 1.165) is 36.5 Å². The Morgan fingerprint density at radius 3 is 2.73 bits per heavy atom. The van der Waals surface area contributed by atoms with Crippen molar-refractivity contribution in [1.82, 2.24) is 24.3 Å². The van der Waals surface area contributed by atoms with Gasteiger partial charge in [0.2, 0.25) is 11.7 Å². The maximum Gasteiger partial charge on any atom is 0.233 e. The molecular weight excluding hydrogens is 375 g/mol. The third-order valence-corrected chi connectivity index (χ3v) is 4.33. The molecular formula is C16H22Cl2N8. The van der Waals surface area contributed by atoms with Crippen molar-refractivity contribution >= 4 is 42.4 Å². The number of hydrogen-bond donors (Lipinski definition) is 3. The van der Waals surface area contributed by atoms with Gasteiger partial charge < -0.3 is 16.8 Å². The lowest BCUT2D eigenvalue weighted by Crippen LogP contribution is -2.35. The molecule has 0 unspecified atom stereocenters. The lowest BCUT2D eigenvalue weighted by molar-refractivity contribution is 0.345. The van der Waals surface area contributed by atoms with Crippen LogP contribution in [0.15, 0.2) is 30.7 Å². The van der Waals surface area contributed by atoms with E-state index >= 15 is 0 Å². The van der Waals surface area contributed by atoms with Gasteiger partial charge in [0.05, 0.1) is 11.4 Å². The molecule has 4 rings (SSSR count). The molecule has 0 atom stereocenters. The lowest BCUT2D eigenvalue weighted by atomic mass is 9.78. The fourth-order valence-electron chi connectivity index (χ4n) is 3.01. The first-order valence-corrected chi connectivity index (χ1v) is 8.10. The molecule has 8 nitrogen and oxygen atoms in total. The fraction of sp³-hybridized carbons (Fsp3) is 0.375. The van der Waals surface area contributed by atoms with Crippen molar-refractivity contribution in [2.45, 2.75) is 31.2 Å². The van der Waals surface area contributed by atoms with E-state index in [9.17, 15) is 0 Å². The summed E-state index contributed by atoms with van der Waals surface area (Å²) in [6.07, 6.45) is 8.36. The predicted molar refractivity (Wildman–Crippen MR) is 106 cm³/mol. The number of halogens is 2. The van der Waals surface area contributed by atoms with Crippen LogP contribution >= 0.6 is 24.8 Å². The number of nitrogens with two attached hydrogens (primary N) is 2. The number of nitrogen functional groups attached to an aromatic ring is 1. The van der Waals surface area contributed by atoms with Gasteiger partial charge in [0.25, 0.3) is 0 Å². The summed E-state index contributed by atoms with van der Waals surface area (Å²) in [7, 11) is 0. The quantitative estimate of drug-likeness (QED) is 0.600. The summed E-state index contributed by atoms with van der Waals surface area (Å²) >= 11 is 0. The zero-order valence-corrected chi connectivity index (χ0v) is 15.7. The van der Waals surface area contributed by atoms with Crippen molar-refractivity contribution in [3.63, 3.8) is 0 Å². The molecule has 1 aliphatic rings. The van der Waals surface area contributed by atoms with Gasteiger partial charge in [-0.1, -0.05) is 0 Å². The van der Waals surface area contributed by atoms with Crippen molar-refractivity contribution in [3.8, 4) is 0 Å². The largest absolute Gasteiger partial charge is 0.370 e. The molecule has 0 aromatic carbocycles. The normalized spacial score (nSPS) is 18.5. The Bertz CT molecular complexity index is 829. The van der Waals surface area contributed by atoms with Gasteiger partial charge in [0.1, 0.15) is 5.82 Å². The van der Waals surface area contributed by atoms with Crippen molar-refractivity contribution < 1.29 is 0 Å². The van der Waals surface area contributed by atoms with Crippen LogP contribution in [0.2, 0.25) is 0 Å². The molecule has 26 heavy (non-hydrogen) atoms. The number of fused-ring (bicyclic) bond motifs is 1. The Morgan fingerprint density at radius 2 is 2.00 bits per heavy atom. The Kier molecular flexibility index (Phi) is 6.57. The first kappa shape index (κ1) is 20.2. The van der Waals surface area contributed by atoms with Gasteiger partial charge >= 0.3 is 0 Å². The van der Waals surface area contributed by atoms with Gasteiger partial charge in [-0.15, -0.1) is 24.8 Å². The van der Waals surface area contributed by atoms with E-state index in [1.165, 1.54) is 0 Å². The van der Waals surface area contributed by atoms with Crippen molar-refractivity contribution in [1.29, 1.82) is 0 Å². The Hall–Kier alpha value is -2.16. The molecule has 10 heteroatoms. The highest BCUT2D eigenvalue weighted by Crippen LogP contribution is 2.35. The summed E-state index contributed by atoms with van der Waals surface area (Å²) in [5.41, 5.74) is 13.6. The van der Waals surface area contributed by atoms with E-state index in [1.807, 2.05) is 28.9 Å². The average molecular weight is 397 g/mol. The van der Waals surface area contributed by atoms with E-state index in [-0.39, 0.29) is 30.9 Å². The molecule has 0 amide bonds. The molecule has 0 saturated heterocycles. The zero-order chi connectivity index (χ0) is 16.5. The van der Waals surface area contributed by atoms with Crippen LogP contribution in [0.5, 0.6) is 0 Å². The number of nitrogens with one attached hydrogen (secondary N) is 1. The van der Waals surface area contributed by atoms with Crippen LogP contribution in [-0.4, -0.2) is 36.9 Å². The second-order valence-electron chi connectivity index (χ2n) is 6.20. The molecule has 0 spiro atoms. The molecule has 1 fully saturated rings. The molecule has 140 valence electrons. The van der Waals surface area contributed by atoms with E-state index in [1.54, 1.807) is 6.20 Å². The standard InChI is InChI=1S/C16H20N8.2ClH/c17-11-6-10(7-11)13-8-14(23-15(18)22-13)19-4-2-12-9-24-5-1-3-20-16(24)21-12;;/h1,3,5,8-11H,2,4,6-7,17H2,(H3,18,19,22,23);2*1H. The topological polar surface area (TPSA) is 120 Å². The number of rotatable bonds is 5. The number of anilines is 2. The summed E-state index contributed by atoms with van der Waals surface area (Å²) in [5, 5.41) is 3.30. The Balaban J connectivity index is 0.00000121. The summed E-state index contributed by atoms with van der Waals surface area (Å²) in [6, 6.07) is 4.14. The van der Waals surface area contributed by atoms with Crippen LogP contribution in [0.3, 0.4) is 0 Å². The van der Waals surface area contributed by atoms with E-state index in [2.05, 4.69) is 25.3 Å². The minimum Gasteiger partial charge on any atom is -0.370 e. The minimum absolute atomic E-state index is 0. The van der Waals surface area contributed by atoms with Crippen LogP contribution in [0.4, 0.5) is 11.8 Å². The molecule has 0 aliphatic heterocycles. The Morgan fingerprint density at radius 1 is 1.19 bits per heavy atom. The summed E-state index contributed by atoms with van der Waals surface area (Å²) < 4.78 is 1.91. The van der Waals surface area contributed by atoms with Crippen molar-refractivity contribution in [3.05, 3.63) is 42.1 Å². The SMILES string of the molecule is Cl.Cl.Nc1nc(NCCc2cn3cccnc3n2)cc(C2CC(N)C2)n1. The monoisotopic (exact) mass is 396 g/mol. The minimum atomic E-state index is 0. The van der Waals surface area contributed by atoms with E-state index < -0.39 is 0 Å². The highest BCUT2D eigenvalue weighted by atomic mass is 35.5. The lowest BCUT2D eigenvalue weighted by Gasteiger charge is -2.32. The van der Waals surface area contributed by atoms with Crippen LogP contribution in [-0.2, 0) is 6.42 Å². The smallest absolute Gasteiger partial charge is 0.233 e. The molecule has 3 heterocycles. The van der Waals surface area contributed by atoms with Crippen LogP contribution in [0, 0.1) is 0 Å². The molecule has 3 aromatic rings. The zero-order valence-electron chi connectivity index (χ0n) is 14.1. The van der Waals surface area contributed by atoms with Gasteiger partial charge in [0, 0.05) is 49.6 Å². The highest BCUT2D eigenvalue weighted by molar-refractivity contribution is 5.85. The maximum absolute atomic E-state index is 5.85. The predicted octanol–water partition coefficient (Wildman–Crippen LogP) is 1.80. The van der Waals surface area contributed by atoms with E-state index in [4.69, 9.17) is 11.5 Å². The maximum atomic E-state index is 5.85. The summed E-state index contributed by atoms with van der Waals surface area (Å²) in [4.78, 5) is 17.3. The number of imidazole rings is 1. The van der Waals surface area contributed by atoms with E-state index in [0.29, 0.717) is 24.2 Å². The van der Waals surface area contributed by atoms with Crippen LogP contribution < -0.4 is 16.8 Å². The summed E-state index contributed by atoms with van der Waals surface area (Å²) in [6.45, 7) is 0.712. The van der Waals surface area contributed by atoms with Gasteiger partial charge in [-0.25, -0.2) is 15.0 Å². The third-order valence-electron chi connectivity index (χ3n) is 4.33. The number of nitrogens with zero attached hydrogens (tertiary/aromatic N) is 5. The second-order valence-corrected chi connectivity index (χ2v) is 6.20. The van der Waals surface area contributed by atoms with Crippen LogP contribution in [0.25, 0.3) is 5.78 Å². The molecule has 5 N–H and O–H groups in total. The molecule has 0 bridgehead atoms.